The second-order valence-electron chi connectivity index (χ2n) is 7.02. The maximum atomic E-state index is 9.77. The highest BCUT2D eigenvalue weighted by atomic mass is 16.3. The molecule has 1 aromatic carbocycles. The molecule has 134 valence electrons. The van der Waals surface area contributed by atoms with E-state index in [1.807, 2.05) is 19.9 Å². The molecule has 2 atom stereocenters. The van der Waals surface area contributed by atoms with Gasteiger partial charge in [0, 0.05) is 30.9 Å². The summed E-state index contributed by atoms with van der Waals surface area (Å²) < 4.78 is 0. The fourth-order valence-electron chi connectivity index (χ4n) is 3.13. The van der Waals surface area contributed by atoms with E-state index in [2.05, 4.69) is 47.2 Å². The summed E-state index contributed by atoms with van der Waals surface area (Å²) in [4.78, 5) is 11.5. The minimum atomic E-state index is -0.415. The molecule has 0 fully saturated rings. The molecule has 2 aromatic rings. The highest BCUT2D eigenvalue weighted by Gasteiger charge is 2.19. The van der Waals surface area contributed by atoms with E-state index < -0.39 is 6.10 Å². The standard InChI is InChI=1S/C20H28N4O/c1-5-13(2)21-20-22-14(3)10-19(23-20)24-9-8-17-11-16(15(4)25)6-7-18(17)12-24/h6-7,10-11,13,15,25H,5,8-9,12H2,1-4H3,(H,21,22,23)/t13-,15+/m0/s1. The number of fused-ring (bicyclic) bond motifs is 1. The first-order chi connectivity index (χ1) is 12.0. The van der Waals surface area contributed by atoms with E-state index in [4.69, 9.17) is 4.98 Å². The minimum absolute atomic E-state index is 0.357. The lowest BCUT2D eigenvalue weighted by Gasteiger charge is -2.30. The lowest BCUT2D eigenvalue weighted by Crippen LogP contribution is -2.31. The molecule has 0 bridgehead atoms. The zero-order valence-electron chi connectivity index (χ0n) is 15.6. The first-order valence-electron chi connectivity index (χ1n) is 9.13. The molecule has 3 rings (SSSR count). The van der Waals surface area contributed by atoms with Crippen molar-refractivity contribution in [2.75, 3.05) is 16.8 Å². The van der Waals surface area contributed by atoms with E-state index in [1.54, 1.807) is 0 Å². The number of hydrogen-bond acceptors (Lipinski definition) is 5. The summed E-state index contributed by atoms with van der Waals surface area (Å²) in [6.07, 6.45) is 1.59. The van der Waals surface area contributed by atoms with E-state index in [0.717, 1.165) is 43.0 Å². The minimum Gasteiger partial charge on any atom is -0.389 e. The van der Waals surface area contributed by atoms with Crippen molar-refractivity contribution in [3.05, 3.63) is 46.6 Å². The van der Waals surface area contributed by atoms with E-state index >= 15 is 0 Å². The Kier molecular flexibility index (Phi) is 5.23. The normalized spacial score (nSPS) is 16.3. The zero-order valence-corrected chi connectivity index (χ0v) is 15.6. The van der Waals surface area contributed by atoms with Gasteiger partial charge in [0.15, 0.2) is 0 Å². The number of nitrogens with one attached hydrogen (secondary N) is 1. The molecule has 2 N–H and O–H groups in total. The van der Waals surface area contributed by atoms with Crippen molar-refractivity contribution in [1.82, 2.24) is 9.97 Å². The molecule has 0 unspecified atom stereocenters. The van der Waals surface area contributed by atoms with Gasteiger partial charge in [-0.2, -0.15) is 4.98 Å². The van der Waals surface area contributed by atoms with Crippen LogP contribution in [0.25, 0.3) is 0 Å². The summed E-state index contributed by atoms with van der Waals surface area (Å²) in [6.45, 7) is 9.88. The number of aromatic nitrogens is 2. The second kappa shape index (κ2) is 7.40. The molecule has 1 aromatic heterocycles. The Morgan fingerprint density at radius 2 is 2.00 bits per heavy atom. The van der Waals surface area contributed by atoms with Crippen LogP contribution in [-0.4, -0.2) is 27.7 Å². The molecule has 0 saturated heterocycles. The van der Waals surface area contributed by atoms with Gasteiger partial charge in [-0.3, -0.25) is 0 Å². The van der Waals surface area contributed by atoms with Gasteiger partial charge in [-0.05, 0) is 50.3 Å². The lowest BCUT2D eigenvalue weighted by atomic mass is 9.96. The van der Waals surface area contributed by atoms with Crippen molar-refractivity contribution in [3.63, 3.8) is 0 Å². The van der Waals surface area contributed by atoms with E-state index in [-0.39, 0.29) is 0 Å². The first kappa shape index (κ1) is 17.7. The van der Waals surface area contributed by atoms with Crippen LogP contribution >= 0.6 is 0 Å². The number of nitrogens with zero attached hydrogens (tertiary/aromatic N) is 3. The molecule has 0 radical (unpaired) electrons. The van der Waals surface area contributed by atoms with Crippen molar-refractivity contribution in [2.45, 2.75) is 59.2 Å². The smallest absolute Gasteiger partial charge is 0.225 e. The molecule has 25 heavy (non-hydrogen) atoms. The topological polar surface area (TPSA) is 61.3 Å². The summed E-state index contributed by atoms with van der Waals surface area (Å²) >= 11 is 0. The summed E-state index contributed by atoms with van der Waals surface area (Å²) in [5, 5.41) is 13.1. The molecule has 2 heterocycles. The number of hydrogen-bond donors (Lipinski definition) is 2. The fraction of sp³-hybridized carbons (Fsp3) is 0.500. The third kappa shape index (κ3) is 4.10. The van der Waals surface area contributed by atoms with Gasteiger partial charge < -0.3 is 15.3 Å². The average Bonchev–Trinajstić information content (AvgIpc) is 2.60. The van der Waals surface area contributed by atoms with E-state index in [0.29, 0.717) is 12.0 Å². The summed E-state index contributed by atoms with van der Waals surface area (Å²) in [7, 11) is 0. The third-order valence-corrected chi connectivity index (χ3v) is 4.88. The molecule has 0 spiro atoms. The van der Waals surface area contributed by atoms with Crippen LogP contribution in [0.5, 0.6) is 0 Å². The quantitative estimate of drug-likeness (QED) is 0.871. The highest BCUT2D eigenvalue weighted by Crippen LogP contribution is 2.26. The Bertz CT molecular complexity index is 744. The summed E-state index contributed by atoms with van der Waals surface area (Å²) in [5.41, 5.74) is 4.61. The van der Waals surface area contributed by atoms with Gasteiger partial charge in [0.2, 0.25) is 5.95 Å². The van der Waals surface area contributed by atoms with Crippen LogP contribution in [0.2, 0.25) is 0 Å². The van der Waals surface area contributed by atoms with Crippen LogP contribution in [0.4, 0.5) is 11.8 Å². The molecule has 0 amide bonds. The van der Waals surface area contributed by atoms with Crippen molar-refractivity contribution in [3.8, 4) is 0 Å². The number of aliphatic hydroxyl groups excluding tert-OH is 1. The maximum Gasteiger partial charge on any atom is 0.225 e. The summed E-state index contributed by atoms with van der Waals surface area (Å²) in [5.74, 6) is 1.68. The third-order valence-electron chi connectivity index (χ3n) is 4.88. The van der Waals surface area contributed by atoms with E-state index in [1.165, 1.54) is 11.1 Å². The van der Waals surface area contributed by atoms with Crippen LogP contribution < -0.4 is 10.2 Å². The van der Waals surface area contributed by atoms with Crippen LogP contribution in [0.15, 0.2) is 24.3 Å². The van der Waals surface area contributed by atoms with Crippen molar-refractivity contribution in [1.29, 1.82) is 0 Å². The highest BCUT2D eigenvalue weighted by molar-refractivity contribution is 5.48. The Labute approximate surface area is 150 Å². The average molecular weight is 340 g/mol. The number of rotatable bonds is 5. The Morgan fingerprint density at radius 3 is 2.72 bits per heavy atom. The largest absolute Gasteiger partial charge is 0.389 e. The number of aliphatic hydroxyl groups is 1. The van der Waals surface area contributed by atoms with Crippen LogP contribution in [0.3, 0.4) is 0 Å². The van der Waals surface area contributed by atoms with Gasteiger partial charge in [-0.15, -0.1) is 0 Å². The second-order valence-corrected chi connectivity index (χ2v) is 7.02. The molecule has 1 aliphatic rings. The fourth-order valence-corrected chi connectivity index (χ4v) is 3.13. The monoisotopic (exact) mass is 340 g/mol. The molecule has 1 aliphatic heterocycles. The Hall–Kier alpha value is -2.14. The van der Waals surface area contributed by atoms with Crippen LogP contribution in [-0.2, 0) is 13.0 Å². The number of benzene rings is 1. The zero-order chi connectivity index (χ0) is 18.0. The van der Waals surface area contributed by atoms with Crippen molar-refractivity contribution < 1.29 is 5.11 Å². The van der Waals surface area contributed by atoms with Gasteiger partial charge in [0.1, 0.15) is 5.82 Å². The summed E-state index contributed by atoms with van der Waals surface area (Å²) in [6, 6.07) is 8.70. The molecular weight excluding hydrogens is 312 g/mol. The van der Waals surface area contributed by atoms with Gasteiger partial charge in [-0.1, -0.05) is 25.1 Å². The van der Waals surface area contributed by atoms with Crippen LogP contribution in [0, 0.1) is 6.92 Å². The van der Waals surface area contributed by atoms with E-state index in [9.17, 15) is 5.11 Å². The van der Waals surface area contributed by atoms with Crippen molar-refractivity contribution >= 4 is 11.8 Å². The molecular formula is C20H28N4O. The lowest BCUT2D eigenvalue weighted by molar-refractivity contribution is 0.199. The number of anilines is 2. The van der Waals surface area contributed by atoms with Crippen molar-refractivity contribution in [2.24, 2.45) is 0 Å². The maximum absolute atomic E-state index is 9.77. The van der Waals surface area contributed by atoms with Gasteiger partial charge in [0.25, 0.3) is 0 Å². The molecule has 0 aliphatic carbocycles. The first-order valence-corrected chi connectivity index (χ1v) is 9.13. The molecule has 0 saturated carbocycles. The van der Waals surface area contributed by atoms with Crippen LogP contribution in [0.1, 0.15) is 55.7 Å². The molecule has 5 heteroatoms. The Balaban J connectivity index is 1.81. The SMILES string of the molecule is CC[C@H](C)Nc1nc(C)cc(N2CCc3cc([C@@H](C)O)ccc3C2)n1. The van der Waals surface area contributed by atoms with Gasteiger partial charge in [0.05, 0.1) is 6.10 Å². The van der Waals surface area contributed by atoms with Gasteiger partial charge in [-0.25, -0.2) is 4.98 Å². The predicted octanol–water partition coefficient (Wildman–Crippen LogP) is 3.61. The predicted molar refractivity (Wildman–Crippen MR) is 102 cm³/mol. The van der Waals surface area contributed by atoms with Gasteiger partial charge >= 0.3 is 0 Å². The Morgan fingerprint density at radius 1 is 1.20 bits per heavy atom. The molecule has 5 nitrogen and oxygen atoms in total. The number of aryl methyl sites for hydroxylation is 1.